The van der Waals surface area contributed by atoms with Crippen molar-refractivity contribution in [1.29, 1.82) is 0 Å². The maximum atomic E-state index is 14.2. The molecule has 13 heteroatoms. The van der Waals surface area contributed by atoms with Gasteiger partial charge in [-0.15, -0.1) is 0 Å². The fourth-order valence-corrected chi connectivity index (χ4v) is 6.40. The van der Waals surface area contributed by atoms with E-state index in [9.17, 15) is 28.8 Å². The third-order valence-electron chi connectivity index (χ3n) is 8.73. The minimum atomic E-state index is -1.38. The van der Waals surface area contributed by atoms with Crippen molar-refractivity contribution in [2.75, 3.05) is 6.54 Å². The van der Waals surface area contributed by atoms with Gasteiger partial charge in [-0.1, -0.05) is 52.8 Å². The van der Waals surface area contributed by atoms with E-state index in [0.717, 1.165) is 16.5 Å². The van der Waals surface area contributed by atoms with Gasteiger partial charge >= 0.3 is 5.97 Å². The SMILES string of the molecule is CC(C)C[C@@H]1NC(=O)[C@@H](C(C)(C)C)NC(=O)[C@@H]2CCCN2C(=O)[C@@H](CC(=O)OC(C)(C)C)NC(=O)[C@@H](Cc2c[nH]c3ccccc23)NC1=O. The number of H-pyrrole nitrogens is 1. The van der Waals surface area contributed by atoms with E-state index in [4.69, 9.17) is 4.74 Å². The lowest BCUT2D eigenvalue weighted by Crippen LogP contribution is -2.60. The highest BCUT2D eigenvalue weighted by Gasteiger charge is 2.43. The number of rotatable bonds is 6. The van der Waals surface area contributed by atoms with Crippen LogP contribution in [0.5, 0.6) is 0 Å². The second-order valence-electron chi connectivity index (χ2n) is 15.7. The lowest BCUT2D eigenvalue weighted by Gasteiger charge is -2.34. The maximum absolute atomic E-state index is 14.2. The predicted octanol–water partition coefficient (Wildman–Crippen LogP) is 2.48. The van der Waals surface area contributed by atoms with E-state index in [1.807, 2.05) is 38.1 Å². The third kappa shape index (κ3) is 9.60. The molecule has 5 amide bonds. The van der Waals surface area contributed by atoms with Gasteiger partial charge < -0.3 is 35.9 Å². The van der Waals surface area contributed by atoms with E-state index in [2.05, 4.69) is 26.3 Å². The summed E-state index contributed by atoms with van der Waals surface area (Å²) < 4.78 is 5.51. The van der Waals surface area contributed by atoms with Gasteiger partial charge in [0.2, 0.25) is 29.5 Å². The maximum Gasteiger partial charge on any atom is 0.308 e. The molecule has 0 bridgehead atoms. The van der Waals surface area contributed by atoms with E-state index >= 15 is 0 Å². The molecule has 5 N–H and O–H groups in total. The summed E-state index contributed by atoms with van der Waals surface area (Å²) in [4.78, 5) is 87.6. The minimum Gasteiger partial charge on any atom is -0.460 e. The number of nitrogens with zero attached hydrogens (tertiary/aromatic N) is 1. The van der Waals surface area contributed by atoms with Gasteiger partial charge in [-0.3, -0.25) is 28.8 Å². The summed E-state index contributed by atoms with van der Waals surface area (Å²) in [6.45, 7) is 14.5. The molecule has 0 saturated carbocycles. The molecular weight excluding hydrogens is 628 g/mol. The molecule has 0 unspecified atom stereocenters. The van der Waals surface area contributed by atoms with E-state index in [1.165, 1.54) is 4.90 Å². The van der Waals surface area contributed by atoms with Crippen molar-refractivity contribution in [3.8, 4) is 0 Å². The number of carbonyl (C=O) groups is 6. The number of benzene rings is 1. The molecule has 2 aromatic rings. The highest BCUT2D eigenvalue weighted by atomic mass is 16.6. The van der Waals surface area contributed by atoms with Crippen LogP contribution < -0.4 is 21.3 Å². The molecule has 0 radical (unpaired) electrons. The number of nitrogens with one attached hydrogen (secondary N) is 5. The van der Waals surface area contributed by atoms with Gasteiger partial charge in [0.15, 0.2) is 0 Å². The molecule has 268 valence electrons. The summed E-state index contributed by atoms with van der Waals surface area (Å²) in [7, 11) is 0. The second kappa shape index (κ2) is 15.0. The van der Waals surface area contributed by atoms with Crippen molar-refractivity contribution in [2.45, 2.75) is 123 Å². The summed E-state index contributed by atoms with van der Waals surface area (Å²) in [6.07, 6.45) is 2.44. The van der Waals surface area contributed by atoms with E-state index in [-0.39, 0.29) is 25.3 Å². The second-order valence-corrected chi connectivity index (χ2v) is 15.7. The quantitative estimate of drug-likeness (QED) is 0.291. The first kappa shape index (κ1) is 37.4. The van der Waals surface area contributed by atoms with Crippen LogP contribution in [0.1, 0.15) is 86.6 Å². The average Bonchev–Trinajstić information content (AvgIpc) is 3.64. The monoisotopic (exact) mass is 680 g/mol. The molecule has 1 aromatic carbocycles. The number of ether oxygens (including phenoxy) is 1. The van der Waals surface area contributed by atoms with Crippen LogP contribution in [0, 0.1) is 11.3 Å². The fraction of sp³-hybridized carbons (Fsp3) is 0.611. The molecule has 0 aliphatic carbocycles. The zero-order chi connectivity index (χ0) is 36.3. The van der Waals surface area contributed by atoms with Crippen LogP contribution in [0.4, 0.5) is 0 Å². The number of hydrogen-bond acceptors (Lipinski definition) is 7. The Morgan fingerprint density at radius 1 is 0.857 bits per heavy atom. The smallest absolute Gasteiger partial charge is 0.308 e. The molecule has 5 atom stereocenters. The van der Waals surface area contributed by atoms with Crippen LogP contribution >= 0.6 is 0 Å². The van der Waals surface area contributed by atoms with Crippen molar-refractivity contribution >= 4 is 46.4 Å². The number of esters is 1. The van der Waals surface area contributed by atoms with Crippen molar-refractivity contribution in [3.05, 3.63) is 36.0 Å². The zero-order valence-electron chi connectivity index (χ0n) is 29.9. The Morgan fingerprint density at radius 2 is 1.49 bits per heavy atom. The topological polar surface area (TPSA) is 179 Å². The summed E-state index contributed by atoms with van der Waals surface area (Å²) in [5.41, 5.74) is -0.0154. The lowest BCUT2D eigenvalue weighted by molar-refractivity contribution is -0.158. The number of carbonyl (C=O) groups excluding carboxylic acids is 6. The van der Waals surface area contributed by atoms with Crippen molar-refractivity contribution in [1.82, 2.24) is 31.2 Å². The molecule has 13 nitrogen and oxygen atoms in total. The number of fused-ring (bicyclic) bond motifs is 2. The van der Waals surface area contributed by atoms with Gasteiger partial charge in [-0.2, -0.15) is 0 Å². The summed E-state index contributed by atoms with van der Waals surface area (Å²) in [5.74, 6) is -3.71. The van der Waals surface area contributed by atoms with E-state index in [1.54, 1.807) is 47.7 Å². The Kier molecular flexibility index (Phi) is 11.4. The van der Waals surface area contributed by atoms with Gasteiger partial charge in [0.1, 0.15) is 35.8 Å². The van der Waals surface area contributed by atoms with Crippen LogP contribution in [-0.2, 0) is 39.9 Å². The molecule has 2 aliphatic heterocycles. The van der Waals surface area contributed by atoms with Gasteiger partial charge in [0.05, 0.1) is 6.42 Å². The van der Waals surface area contributed by atoms with Gasteiger partial charge in [-0.25, -0.2) is 0 Å². The van der Waals surface area contributed by atoms with Crippen LogP contribution in [0.2, 0.25) is 0 Å². The number of para-hydroxylation sites is 1. The highest BCUT2D eigenvalue weighted by molar-refractivity contribution is 5.99. The number of hydrogen-bond donors (Lipinski definition) is 5. The Hall–Kier alpha value is -4.42. The summed E-state index contributed by atoms with van der Waals surface area (Å²) in [6, 6.07) is 1.97. The highest BCUT2D eigenvalue weighted by Crippen LogP contribution is 2.25. The van der Waals surface area contributed by atoms with Crippen molar-refractivity contribution in [3.63, 3.8) is 0 Å². The summed E-state index contributed by atoms with van der Waals surface area (Å²) >= 11 is 0. The Balaban J connectivity index is 1.80. The molecule has 2 saturated heterocycles. The predicted molar refractivity (Wildman–Crippen MR) is 184 cm³/mol. The Morgan fingerprint density at radius 3 is 2.14 bits per heavy atom. The fourth-order valence-electron chi connectivity index (χ4n) is 6.40. The van der Waals surface area contributed by atoms with Gasteiger partial charge in [0.25, 0.3) is 0 Å². The minimum absolute atomic E-state index is 0.00965. The Bertz CT molecular complexity index is 1570. The van der Waals surface area contributed by atoms with Gasteiger partial charge in [-0.05, 0) is 63.0 Å². The van der Waals surface area contributed by atoms with Crippen LogP contribution in [0.3, 0.4) is 0 Å². The first-order valence-electron chi connectivity index (χ1n) is 17.1. The molecule has 2 aliphatic rings. The first-order valence-corrected chi connectivity index (χ1v) is 17.1. The molecule has 49 heavy (non-hydrogen) atoms. The average molecular weight is 681 g/mol. The Labute approximate surface area is 288 Å². The van der Waals surface area contributed by atoms with Crippen molar-refractivity contribution < 1.29 is 33.5 Å². The molecule has 2 fully saturated rings. The molecule has 1 aromatic heterocycles. The molecule has 3 heterocycles. The summed E-state index contributed by atoms with van der Waals surface area (Å²) in [5, 5.41) is 12.1. The lowest BCUT2D eigenvalue weighted by atomic mass is 9.85. The third-order valence-corrected chi connectivity index (χ3v) is 8.73. The zero-order valence-corrected chi connectivity index (χ0v) is 29.9. The van der Waals surface area contributed by atoms with Crippen molar-refractivity contribution in [2.24, 2.45) is 11.3 Å². The largest absolute Gasteiger partial charge is 0.460 e. The molecule has 4 rings (SSSR count). The number of aromatic nitrogens is 1. The van der Waals surface area contributed by atoms with E-state index in [0.29, 0.717) is 12.8 Å². The molecular formula is C36H52N6O7. The number of amides is 5. The molecule has 0 spiro atoms. The van der Waals surface area contributed by atoms with Gasteiger partial charge in [0, 0.05) is 30.1 Å². The first-order chi connectivity index (χ1) is 22.8. The van der Waals surface area contributed by atoms with E-state index < -0.39 is 83.2 Å². The standard InChI is InChI=1S/C36H52N6O7/c1-20(2)16-24-30(44)38-25(17-21-19-37-23-13-10-9-12-22(21)23)31(45)40-26(18-28(43)49-36(6,7)8)34(48)42-15-11-14-27(42)32(46)41-29(33(47)39-24)35(3,4)5/h9-10,12-13,19-20,24-27,29,37H,11,14-18H2,1-8H3,(H,38,44)(H,39,47)(H,40,45)(H,41,46)/t24-,25+,26+,27-,29-/m0/s1. The van der Waals surface area contributed by atoms with Crippen LogP contribution in [0.15, 0.2) is 30.5 Å². The van der Waals surface area contributed by atoms with Crippen LogP contribution in [0.25, 0.3) is 10.9 Å². The normalized spacial score (nSPS) is 24.8. The van der Waals surface area contributed by atoms with Crippen LogP contribution in [-0.4, -0.2) is 87.7 Å². The number of aromatic amines is 1.